The number of aromatic nitrogens is 3. The van der Waals surface area contributed by atoms with Gasteiger partial charge in [0, 0.05) is 5.69 Å². The van der Waals surface area contributed by atoms with Crippen molar-refractivity contribution in [2.24, 2.45) is 0 Å². The molecule has 1 heterocycles. The molecule has 0 aliphatic carbocycles. The van der Waals surface area contributed by atoms with Gasteiger partial charge in [-0.2, -0.15) is 5.10 Å². The molecule has 2 aromatic rings. The summed E-state index contributed by atoms with van der Waals surface area (Å²) in [5.74, 6) is -3.28. The van der Waals surface area contributed by atoms with Gasteiger partial charge in [-0.3, -0.25) is 0 Å². The molecule has 2 rings (SSSR count). The number of rotatable bonds is 3. The highest BCUT2D eigenvalue weighted by atomic mass is 32.2. The molecule has 0 bridgehead atoms. The van der Waals surface area contributed by atoms with Crippen LogP contribution in [0.1, 0.15) is 0 Å². The lowest BCUT2D eigenvalue weighted by atomic mass is 10.3. The van der Waals surface area contributed by atoms with Crippen LogP contribution in [0.5, 0.6) is 0 Å². The lowest BCUT2D eigenvalue weighted by Crippen LogP contribution is -2.17. The third-order valence-electron chi connectivity index (χ3n) is 2.01. The van der Waals surface area contributed by atoms with E-state index in [1.165, 1.54) is 12.4 Å². The van der Waals surface area contributed by atoms with Crippen LogP contribution in [0.3, 0.4) is 0 Å². The van der Waals surface area contributed by atoms with Crippen LogP contribution in [-0.4, -0.2) is 23.6 Å². The van der Waals surface area contributed by atoms with Crippen LogP contribution in [0.2, 0.25) is 0 Å². The van der Waals surface area contributed by atoms with Crippen LogP contribution in [0, 0.1) is 11.6 Å². The van der Waals surface area contributed by atoms with Gasteiger partial charge in [0.15, 0.2) is 11.6 Å². The molecule has 0 saturated carbocycles. The van der Waals surface area contributed by atoms with Crippen LogP contribution in [-0.2, 0) is 10.0 Å². The monoisotopic (exact) mass is 287 g/mol. The van der Waals surface area contributed by atoms with Gasteiger partial charge in [-0.05, 0) is 12.1 Å². The standard InChI is InChI=1S/C9H7F2N5O2S/c10-6-3-5(12)4-7(8(6)11)19(17,18)16-9-13-1-2-14-15-9/h1-4H,12H2,(H,13,15,16). The maximum atomic E-state index is 13.5. The fraction of sp³-hybridized carbons (Fsp3) is 0. The number of nitrogens with one attached hydrogen (secondary N) is 1. The molecule has 0 aliphatic heterocycles. The summed E-state index contributed by atoms with van der Waals surface area (Å²) in [6, 6.07) is 1.46. The minimum Gasteiger partial charge on any atom is -0.399 e. The zero-order chi connectivity index (χ0) is 14.0. The molecule has 0 fully saturated rings. The van der Waals surface area contributed by atoms with Crippen molar-refractivity contribution in [3.05, 3.63) is 36.2 Å². The number of nitrogens with zero attached hydrogens (tertiary/aromatic N) is 3. The van der Waals surface area contributed by atoms with Gasteiger partial charge in [-0.25, -0.2) is 26.9 Å². The number of halogens is 2. The van der Waals surface area contributed by atoms with Crippen LogP contribution in [0.25, 0.3) is 0 Å². The highest BCUT2D eigenvalue weighted by Crippen LogP contribution is 2.22. The van der Waals surface area contributed by atoms with Gasteiger partial charge < -0.3 is 5.73 Å². The highest BCUT2D eigenvalue weighted by molar-refractivity contribution is 7.92. The Hall–Kier alpha value is -2.36. The number of nitrogens with two attached hydrogens (primary N) is 1. The quantitative estimate of drug-likeness (QED) is 0.797. The number of hydrogen-bond donors (Lipinski definition) is 2. The number of anilines is 2. The Balaban J connectivity index is 2.46. The van der Waals surface area contributed by atoms with Gasteiger partial charge in [0.05, 0.1) is 12.4 Å². The molecular weight excluding hydrogens is 280 g/mol. The molecule has 7 nitrogen and oxygen atoms in total. The summed E-state index contributed by atoms with van der Waals surface area (Å²) in [4.78, 5) is 2.62. The van der Waals surface area contributed by atoms with Crippen LogP contribution >= 0.6 is 0 Å². The Kier molecular flexibility index (Phi) is 3.25. The van der Waals surface area contributed by atoms with Gasteiger partial charge in [-0.1, -0.05) is 0 Å². The number of benzene rings is 1. The van der Waals surface area contributed by atoms with Gasteiger partial charge >= 0.3 is 0 Å². The van der Waals surface area contributed by atoms with E-state index in [9.17, 15) is 17.2 Å². The summed E-state index contributed by atoms with van der Waals surface area (Å²) < 4.78 is 52.1. The second-order valence-corrected chi connectivity index (χ2v) is 5.04. The summed E-state index contributed by atoms with van der Waals surface area (Å²) in [5, 5.41) is 6.75. The van der Waals surface area contributed by atoms with Crippen LogP contribution in [0.4, 0.5) is 20.4 Å². The van der Waals surface area contributed by atoms with Crippen molar-refractivity contribution >= 4 is 21.7 Å². The van der Waals surface area contributed by atoms with Crippen molar-refractivity contribution in [3.63, 3.8) is 0 Å². The van der Waals surface area contributed by atoms with Crippen molar-refractivity contribution in [3.8, 4) is 0 Å². The second-order valence-electron chi connectivity index (χ2n) is 3.39. The topological polar surface area (TPSA) is 111 Å². The van der Waals surface area contributed by atoms with Gasteiger partial charge in [0.25, 0.3) is 16.0 Å². The second kappa shape index (κ2) is 4.72. The van der Waals surface area contributed by atoms with Crippen LogP contribution in [0.15, 0.2) is 29.4 Å². The smallest absolute Gasteiger partial charge is 0.267 e. The van der Waals surface area contributed by atoms with E-state index in [2.05, 4.69) is 15.2 Å². The van der Waals surface area contributed by atoms with Crippen molar-refractivity contribution in [2.75, 3.05) is 10.5 Å². The fourth-order valence-corrected chi connectivity index (χ4v) is 2.32. The lowest BCUT2D eigenvalue weighted by Gasteiger charge is -2.08. The molecule has 19 heavy (non-hydrogen) atoms. The Morgan fingerprint density at radius 3 is 2.58 bits per heavy atom. The first-order chi connectivity index (χ1) is 8.90. The fourth-order valence-electron chi connectivity index (χ4n) is 1.25. The van der Waals surface area contributed by atoms with E-state index in [4.69, 9.17) is 5.73 Å². The van der Waals surface area contributed by atoms with Crippen molar-refractivity contribution in [1.29, 1.82) is 0 Å². The molecule has 3 N–H and O–H groups in total. The maximum absolute atomic E-state index is 13.5. The normalized spacial score (nSPS) is 11.3. The molecule has 0 amide bonds. The highest BCUT2D eigenvalue weighted by Gasteiger charge is 2.23. The maximum Gasteiger partial charge on any atom is 0.267 e. The third-order valence-corrected chi connectivity index (χ3v) is 3.34. The molecule has 0 aliphatic rings. The summed E-state index contributed by atoms with van der Waals surface area (Å²) >= 11 is 0. The van der Waals surface area contributed by atoms with E-state index in [1.54, 1.807) is 0 Å². The number of nitrogen functional groups attached to an aromatic ring is 1. The number of hydrogen-bond acceptors (Lipinski definition) is 6. The van der Waals surface area contributed by atoms with Crippen LogP contribution < -0.4 is 10.5 Å². The summed E-state index contributed by atoms with van der Waals surface area (Å²) in [6.07, 6.45) is 2.40. The first kappa shape index (κ1) is 13.1. The average Bonchev–Trinajstić information content (AvgIpc) is 2.34. The molecule has 1 aromatic carbocycles. The molecule has 10 heteroatoms. The van der Waals surface area contributed by atoms with E-state index in [0.29, 0.717) is 6.07 Å². The first-order valence-electron chi connectivity index (χ1n) is 4.81. The number of sulfonamides is 1. The van der Waals surface area contributed by atoms with Crippen molar-refractivity contribution < 1.29 is 17.2 Å². The van der Waals surface area contributed by atoms with E-state index in [-0.39, 0.29) is 11.6 Å². The van der Waals surface area contributed by atoms with Crippen molar-refractivity contribution in [1.82, 2.24) is 15.2 Å². The summed E-state index contributed by atoms with van der Waals surface area (Å²) in [7, 11) is -4.40. The van der Waals surface area contributed by atoms with Gasteiger partial charge in [-0.15, -0.1) is 5.10 Å². The lowest BCUT2D eigenvalue weighted by molar-refractivity contribution is 0.486. The van der Waals surface area contributed by atoms with E-state index >= 15 is 0 Å². The Labute approximate surface area is 106 Å². The Bertz CT molecular complexity index is 708. The molecular formula is C9H7F2N5O2S. The van der Waals surface area contributed by atoms with E-state index in [1.807, 2.05) is 4.72 Å². The van der Waals surface area contributed by atoms with E-state index in [0.717, 1.165) is 6.07 Å². The average molecular weight is 287 g/mol. The molecule has 1 aromatic heterocycles. The molecule has 0 radical (unpaired) electrons. The zero-order valence-corrected chi connectivity index (χ0v) is 10.0. The Morgan fingerprint density at radius 1 is 1.21 bits per heavy atom. The molecule has 0 unspecified atom stereocenters. The minimum absolute atomic E-state index is 0.230. The largest absolute Gasteiger partial charge is 0.399 e. The Morgan fingerprint density at radius 2 is 1.95 bits per heavy atom. The third kappa shape index (κ3) is 2.73. The van der Waals surface area contributed by atoms with Gasteiger partial charge in [0.2, 0.25) is 0 Å². The van der Waals surface area contributed by atoms with E-state index < -0.39 is 26.6 Å². The molecule has 100 valence electrons. The summed E-state index contributed by atoms with van der Waals surface area (Å²) in [6.45, 7) is 0. The predicted octanol–water partition coefficient (Wildman–Crippen LogP) is 0.533. The first-order valence-corrected chi connectivity index (χ1v) is 6.29. The molecule has 0 saturated heterocycles. The SMILES string of the molecule is Nc1cc(F)c(F)c(S(=O)(=O)Nc2nccnn2)c1. The minimum atomic E-state index is -4.40. The zero-order valence-electron chi connectivity index (χ0n) is 9.21. The van der Waals surface area contributed by atoms with Crippen molar-refractivity contribution in [2.45, 2.75) is 4.90 Å². The molecule has 0 atom stereocenters. The molecule has 0 spiro atoms. The van der Waals surface area contributed by atoms with Gasteiger partial charge in [0.1, 0.15) is 4.90 Å². The summed E-state index contributed by atoms with van der Waals surface area (Å²) in [5.41, 5.74) is 5.05. The predicted molar refractivity (Wildman–Crippen MR) is 61.4 cm³/mol.